The summed E-state index contributed by atoms with van der Waals surface area (Å²) in [6.07, 6.45) is 4.38. The van der Waals surface area contributed by atoms with Crippen molar-refractivity contribution in [3.63, 3.8) is 0 Å². The van der Waals surface area contributed by atoms with Gasteiger partial charge < -0.3 is 30.0 Å². The van der Waals surface area contributed by atoms with Gasteiger partial charge in [0.05, 0.1) is 21.3 Å². The number of aliphatic carboxylic acids is 1. The van der Waals surface area contributed by atoms with Crippen molar-refractivity contribution in [1.82, 2.24) is 10.6 Å². The molecule has 0 heterocycles. The average molecular weight is 475 g/mol. The molecule has 0 radical (unpaired) electrons. The number of hydrogen-bond acceptors (Lipinski definition) is 8. The lowest BCUT2D eigenvalue weighted by molar-refractivity contribution is -0.142. The van der Waals surface area contributed by atoms with Gasteiger partial charge in [-0.2, -0.15) is 23.5 Å². The maximum atomic E-state index is 12.9. The van der Waals surface area contributed by atoms with E-state index in [0.29, 0.717) is 35.2 Å². The third kappa shape index (κ3) is 8.06. The Kier molecular flexibility index (Phi) is 12.0. The van der Waals surface area contributed by atoms with Gasteiger partial charge in [0.15, 0.2) is 11.5 Å². The minimum Gasteiger partial charge on any atom is -0.493 e. The molecule has 2 amide bonds. The Morgan fingerprint density at radius 1 is 0.903 bits per heavy atom. The van der Waals surface area contributed by atoms with E-state index in [2.05, 4.69) is 10.6 Å². The third-order valence-corrected chi connectivity index (χ3v) is 5.67. The summed E-state index contributed by atoms with van der Waals surface area (Å²) in [6, 6.07) is 1.06. The molecular weight excluding hydrogens is 444 g/mol. The van der Waals surface area contributed by atoms with E-state index < -0.39 is 29.9 Å². The van der Waals surface area contributed by atoms with E-state index in [1.54, 1.807) is 0 Å². The number of thioether (sulfide) groups is 2. The SMILES string of the molecule is COc1cc(C(=O)NC(CCSC)C(=O)NC(CCSC)C(=O)O)cc(OC)c1OC. The molecule has 0 aromatic heterocycles. The predicted octanol–water partition coefficient (Wildman–Crippen LogP) is 1.89. The van der Waals surface area contributed by atoms with E-state index in [4.69, 9.17) is 14.2 Å². The average Bonchev–Trinajstić information content (AvgIpc) is 2.77. The number of carboxylic acids is 1. The smallest absolute Gasteiger partial charge is 0.326 e. The lowest BCUT2D eigenvalue weighted by atomic mass is 10.1. The van der Waals surface area contributed by atoms with Gasteiger partial charge in [0.2, 0.25) is 11.7 Å². The predicted molar refractivity (Wildman–Crippen MR) is 123 cm³/mol. The van der Waals surface area contributed by atoms with Gasteiger partial charge in [-0.05, 0) is 49.0 Å². The Bertz CT molecular complexity index is 736. The summed E-state index contributed by atoms with van der Waals surface area (Å²) in [7, 11) is 4.33. The molecule has 3 N–H and O–H groups in total. The van der Waals surface area contributed by atoms with E-state index >= 15 is 0 Å². The molecule has 0 aliphatic carbocycles. The van der Waals surface area contributed by atoms with Crippen molar-refractivity contribution in [2.24, 2.45) is 0 Å². The molecular formula is C20H30N2O7S2. The fraction of sp³-hybridized carbons (Fsp3) is 0.550. The van der Waals surface area contributed by atoms with Crippen molar-refractivity contribution >= 4 is 41.3 Å². The zero-order valence-electron chi connectivity index (χ0n) is 18.4. The van der Waals surface area contributed by atoms with Crippen molar-refractivity contribution in [2.75, 3.05) is 45.3 Å². The molecule has 0 fully saturated rings. The number of carboxylic acid groups (broad SMARTS) is 1. The van der Waals surface area contributed by atoms with E-state index in [9.17, 15) is 19.5 Å². The van der Waals surface area contributed by atoms with E-state index in [1.165, 1.54) is 57.0 Å². The summed E-state index contributed by atoms with van der Waals surface area (Å²) in [6.45, 7) is 0. The molecule has 9 nitrogen and oxygen atoms in total. The van der Waals surface area contributed by atoms with Crippen LogP contribution in [0.1, 0.15) is 23.2 Å². The Hall–Kier alpha value is -2.27. The number of benzene rings is 1. The molecule has 2 atom stereocenters. The largest absolute Gasteiger partial charge is 0.493 e. The maximum Gasteiger partial charge on any atom is 0.326 e. The molecule has 174 valence electrons. The first-order valence-corrected chi connectivity index (χ1v) is 12.2. The van der Waals surface area contributed by atoms with Crippen LogP contribution in [-0.2, 0) is 9.59 Å². The lowest BCUT2D eigenvalue weighted by Crippen LogP contribution is -2.52. The number of nitrogens with one attached hydrogen (secondary N) is 2. The van der Waals surface area contributed by atoms with Crippen LogP contribution in [0.2, 0.25) is 0 Å². The van der Waals surface area contributed by atoms with E-state index in [1.807, 2.05) is 12.5 Å². The lowest BCUT2D eigenvalue weighted by Gasteiger charge is -2.22. The molecule has 11 heteroatoms. The molecule has 2 unspecified atom stereocenters. The highest BCUT2D eigenvalue weighted by atomic mass is 32.2. The van der Waals surface area contributed by atoms with Crippen LogP contribution in [0.15, 0.2) is 12.1 Å². The molecule has 1 rings (SSSR count). The van der Waals surface area contributed by atoms with Crippen LogP contribution in [-0.4, -0.2) is 80.3 Å². The molecule has 0 aliphatic rings. The highest BCUT2D eigenvalue weighted by molar-refractivity contribution is 7.98. The minimum atomic E-state index is -1.11. The summed E-state index contributed by atoms with van der Waals surface area (Å²) < 4.78 is 15.8. The van der Waals surface area contributed by atoms with Gasteiger partial charge in [0, 0.05) is 5.56 Å². The first-order valence-electron chi connectivity index (χ1n) is 9.44. The molecule has 1 aromatic rings. The van der Waals surface area contributed by atoms with Crippen LogP contribution < -0.4 is 24.8 Å². The van der Waals surface area contributed by atoms with Crippen molar-refractivity contribution in [1.29, 1.82) is 0 Å². The van der Waals surface area contributed by atoms with Gasteiger partial charge in [-0.1, -0.05) is 0 Å². The summed E-state index contributed by atoms with van der Waals surface area (Å²) in [5.41, 5.74) is 0.216. The summed E-state index contributed by atoms with van der Waals surface area (Å²) in [5, 5.41) is 14.6. The number of rotatable bonds is 14. The Balaban J connectivity index is 3.06. The van der Waals surface area contributed by atoms with Crippen LogP contribution in [0.4, 0.5) is 0 Å². The van der Waals surface area contributed by atoms with Gasteiger partial charge in [-0.25, -0.2) is 4.79 Å². The van der Waals surface area contributed by atoms with Gasteiger partial charge >= 0.3 is 5.97 Å². The Morgan fingerprint density at radius 3 is 1.84 bits per heavy atom. The molecule has 0 spiro atoms. The van der Waals surface area contributed by atoms with E-state index in [-0.39, 0.29) is 12.0 Å². The topological polar surface area (TPSA) is 123 Å². The zero-order chi connectivity index (χ0) is 23.4. The summed E-state index contributed by atoms with van der Waals surface area (Å²) in [4.78, 5) is 37.1. The second-order valence-electron chi connectivity index (χ2n) is 6.40. The van der Waals surface area contributed by atoms with Crippen LogP contribution >= 0.6 is 23.5 Å². The highest BCUT2D eigenvalue weighted by Gasteiger charge is 2.27. The number of hydrogen-bond donors (Lipinski definition) is 3. The van der Waals surface area contributed by atoms with Crippen LogP contribution in [0.3, 0.4) is 0 Å². The Labute approximate surface area is 191 Å². The van der Waals surface area contributed by atoms with Crippen LogP contribution in [0, 0.1) is 0 Å². The quantitative estimate of drug-likeness (QED) is 0.371. The highest BCUT2D eigenvalue weighted by Crippen LogP contribution is 2.38. The summed E-state index contributed by atoms with van der Waals surface area (Å²) in [5.74, 6) is -0.0147. The first kappa shape index (κ1) is 26.8. The van der Waals surface area contributed by atoms with Crippen molar-refractivity contribution in [3.8, 4) is 17.2 Å². The molecule has 0 saturated heterocycles. The molecule has 0 saturated carbocycles. The molecule has 31 heavy (non-hydrogen) atoms. The third-order valence-electron chi connectivity index (χ3n) is 4.38. The number of ether oxygens (including phenoxy) is 3. The number of carbonyl (C=O) groups excluding carboxylic acids is 2. The normalized spacial score (nSPS) is 12.4. The second-order valence-corrected chi connectivity index (χ2v) is 8.37. The van der Waals surface area contributed by atoms with Gasteiger partial charge in [0.1, 0.15) is 12.1 Å². The standard InChI is InChI=1S/C20H30N2O7S2/c1-27-15-10-12(11-16(28-2)17(15)29-3)18(23)21-13(6-8-30-4)19(24)22-14(20(25)26)7-9-31-5/h10-11,13-14H,6-9H2,1-5H3,(H,21,23)(H,22,24)(H,25,26). The molecule has 0 bridgehead atoms. The Morgan fingerprint density at radius 2 is 1.42 bits per heavy atom. The van der Waals surface area contributed by atoms with Crippen LogP contribution in [0.25, 0.3) is 0 Å². The first-order chi connectivity index (χ1) is 14.8. The number of amides is 2. The van der Waals surface area contributed by atoms with Gasteiger partial charge in [-0.3, -0.25) is 9.59 Å². The number of carbonyl (C=O) groups is 3. The maximum absolute atomic E-state index is 12.9. The van der Waals surface area contributed by atoms with Crippen molar-refractivity contribution in [2.45, 2.75) is 24.9 Å². The zero-order valence-corrected chi connectivity index (χ0v) is 20.0. The molecule has 0 aliphatic heterocycles. The van der Waals surface area contributed by atoms with Gasteiger partial charge in [-0.15, -0.1) is 0 Å². The van der Waals surface area contributed by atoms with Crippen LogP contribution in [0.5, 0.6) is 17.2 Å². The molecule has 1 aromatic carbocycles. The summed E-state index contributed by atoms with van der Waals surface area (Å²) >= 11 is 3.01. The fourth-order valence-electron chi connectivity index (χ4n) is 2.72. The number of methoxy groups -OCH3 is 3. The fourth-order valence-corrected chi connectivity index (χ4v) is 3.67. The van der Waals surface area contributed by atoms with Crippen molar-refractivity contribution < 1.29 is 33.7 Å². The van der Waals surface area contributed by atoms with E-state index in [0.717, 1.165) is 0 Å². The second kappa shape index (κ2) is 13.9. The van der Waals surface area contributed by atoms with Crippen molar-refractivity contribution in [3.05, 3.63) is 17.7 Å². The van der Waals surface area contributed by atoms with Gasteiger partial charge in [0.25, 0.3) is 5.91 Å². The minimum absolute atomic E-state index is 0.216. The monoisotopic (exact) mass is 474 g/mol.